The second-order valence-corrected chi connectivity index (χ2v) is 24.0. The van der Waals surface area contributed by atoms with Gasteiger partial charge in [-0.25, -0.2) is 9.59 Å². The van der Waals surface area contributed by atoms with Crippen molar-refractivity contribution in [2.24, 2.45) is 16.7 Å². The fourth-order valence-corrected chi connectivity index (χ4v) is 10.7. The van der Waals surface area contributed by atoms with Crippen LogP contribution in [-0.2, 0) is 52.2 Å². The van der Waals surface area contributed by atoms with Crippen molar-refractivity contribution in [3.63, 3.8) is 0 Å². The number of hydrogen-bond donors (Lipinski definition) is 2. The molecule has 11 nitrogen and oxygen atoms in total. The molecule has 3 aliphatic rings. The smallest absolute Gasteiger partial charge is 0.338 e. The summed E-state index contributed by atoms with van der Waals surface area (Å²) >= 11 is 13.5. The molecule has 0 bridgehead atoms. The lowest BCUT2D eigenvalue weighted by Gasteiger charge is -2.39. The first-order valence-electron chi connectivity index (χ1n) is 25.5. The monoisotopic (exact) mass is 1040 g/mol. The topological polar surface area (TPSA) is 141 Å². The van der Waals surface area contributed by atoms with E-state index in [-0.39, 0.29) is 60.6 Å². The molecule has 3 aliphatic heterocycles. The van der Waals surface area contributed by atoms with Crippen molar-refractivity contribution in [3.05, 3.63) is 140 Å². The van der Waals surface area contributed by atoms with Gasteiger partial charge in [0, 0.05) is 58.4 Å². The predicted octanol–water partition coefficient (Wildman–Crippen LogP) is 13.0. The molecule has 0 saturated carbocycles. The highest BCUT2D eigenvalue weighted by molar-refractivity contribution is 6.31. The van der Waals surface area contributed by atoms with E-state index < -0.39 is 28.0 Å². The van der Waals surface area contributed by atoms with Crippen molar-refractivity contribution in [3.8, 4) is 0 Å². The maximum Gasteiger partial charge on any atom is 0.338 e. The molecule has 13 heteroatoms. The number of nitrogens with zero attached hydrogens (tertiary/aromatic N) is 1. The summed E-state index contributed by atoms with van der Waals surface area (Å²) in [4.78, 5) is 52.5. The van der Waals surface area contributed by atoms with Crippen molar-refractivity contribution < 1.29 is 43.2 Å². The Kier molecular flexibility index (Phi) is 17.9. The second kappa shape index (κ2) is 22.8. The van der Waals surface area contributed by atoms with E-state index in [1.165, 1.54) is 0 Å². The summed E-state index contributed by atoms with van der Waals surface area (Å²) in [6.07, 6.45) is 6.13. The van der Waals surface area contributed by atoms with Crippen LogP contribution in [0.4, 0.5) is 11.4 Å². The molecule has 4 aromatic rings. The number of ether oxygens (including phenoxy) is 4. The lowest BCUT2D eigenvalue weighted by molar-refractivity contribution is -0.119. The van der Waals surface area contributed by atoms with Crippen LogP contribution in [0.1, 0.15) is 152 Å². The van der Waals surface area contributed by atoms with Gasteiger partial charge in [-0.1, -0.05) is 89.0 Å². The zero-order chi connectivity index (χ0) is 53.7. The summed E-state index contributed by atoms with van der Waals surface area (Å²) in [6.45, 7) is 26.0. The molecular formula is C60H76Cl2N2O9. The molecule has 2 amide bonds. The van der Waals surface area contributed by atoms with Crippen LogP contribution in [0.2, 0.25) is 10.0 Å². The molecule has 7 rings (SSSR count). The Morgan fingerprint density at radius 3 is 1.73 bits per heavy atom. The molecule has 3 atom stereocenters. The third kappa shape index (κ3) is 13.4. The quantitative estimate of drug-likeness (QED) is 0.111. The van der Waals surface area contributed by atoms with E-state index >= 15 is 0 Å². The summed E-state index contributed by atoms with van der Waals surface area (Å²) in [7, 11) is 0. The molecule has 2 fully saturated rings. The van der Waals surface area contributed by atoms with E-state index in [9.17, 15) is 24.3 Å². The van der Waals surface area contributed by atoms with Gasteiger partial charge in [-0.15, -0.1) is 0 Å². The maximum absolute atomic E-state index is 13.5. The number of halogens is 2. The first kappa shape index (κ1) is 57.2. The Hall–Kier alpha value is -5.04. The number of benzene rings is 4. The van der Waals surface area contributed by atoms with Gasteiger partial charge in [-0.3, -0.25) is 14.5 Å². The fraction of sp³-hybridized carbons (Fsp3) is 0.500. The number of rotatable bonds is 15. The van der Waals surface area contributed by atoms with E-state index in [1.54, 1.807) is 67.3 Å². The second-order valence-electron chi connectivity index (χ2n) is 23.2. The molecule has 0 aliphatic carbocycles. The summed E-state index contributed by atoms with van der Waals surface area (Å²) in [5.74, 6) is -1.33. The summed E-state index contributed by atoms with van der Waals surface area (Å²) in [6, 6.07) is 25.8. The van der Waals surface area contributed by atoms with Crippen molar-refractivity contribution in [2.75, 3.05) is 43.3 Å². The number of fused-ring (bicyclic) bond motifs is 1. The molecule has 0 aromatic heterocycles. The molecule has 3 unspecified atom stereocenters. The van der Waals surface area contributed by atoms with Crippen LogP contribution in [0.5, 0.6) is 0 Å². The highest BCUT2D eigenvalue weighted by atomic mass is 35.5. The van der Waals surface area contributed by atoms with Crippen molar-refractivity contribution in [1.29, 1.82) is 0 Å². The molecule has 4 aromatic carbocycles. The molecule has 73 heavy (non-hydrogen) atoms. The SMILES string of the molecule is CCOC(=O)c1ccc(N2C=C3C(C)(C)OCC3(c3ccc(CCC(C)(C)C)c(Cl)c3)CC2=O)cc1.CCOC(=O)c1ccc(NC(=O)CC2(c3ccc(CCC(C)(C)C)c(Cl)c3)COC(C)(C)C2CO)cc1. The minimum absolute atomic E-state index is 0.0307. The average molecular weight is 1040 g/mol. The molecule has 2 N–H and O–H groups in total. The molecule has 3 heterocycles. The van der Waals surface area contributed by atoms with Crippen LogP contribution in [0, 0.1) is 16.7 Å². The van der Waals surface area contributed by atoms with Crippen molar-refractivity contribution >= 4 is 58.3 Å². The highest BCUT2D eigenvalue weighted by Gasteiger charge is 2.56. The largest absolute Gasteiger partial charge is 0.462 e. The number of aliphatic hydroxyl groups excluding tert-OH is 1. The Morgan fingerprint density at radius 2 is 1.23 bits per heavy atom. The zero-order valence-electron chi connectivity index (χ0n) is 44.9. The van der Waals surface area contributed by atoms with Gasteiger partial charge >= 0.3 is 11.9 Å². The minimum atomic E-state index is -0.751. The number of hydrogen-bond acceptors (Lipinski definition) is 9. The number of esters is 2. The number of aryl methyl sites for hydroxylation is 2. The van der Waals surface area contributed by atoms with Gasteiger partial charge in [0.05, 0.1) is 54.2 Å². The van der Waals surface area contributed by atoms with Gasteiger partial charge in [0.1, 0.15) is 0 Å². The molecule has 2 saturated heterocycles. The van der Waals surface area contributed by atoms with Crippen LogP contribution in [0.15, 0.2) is 96.7 Å². The standard InChI is InChI=1S/C30H40ClNO5.C30H36ClNO4/c1-7-36-27(35)21-9-12-23(13-10-21)32-26(34)17-30(19-37-29(5,6)25(30)18-33)22-11-8-20(24(31)16-22)14-15-28(2,3)4;1-7-35-27(34)21-9-12-23(13-10-21)32-18-25-29(5,6)36-19-30(25,17-26(32)33)22-11-8-20(24(31)16-22)14-15-28(2,3)4/h8-13,16,25,33H,7,14-15,17-19H2,1-6H3,(H,32,34);8-13,16,18H,7,14-15,17,19H2,1-6H3. The van der Waals surface area contributed by atoms with Crippen LogP contribution in [0.25, 0.3) is 0 Å². The minimum Gasteiger partial charge on any atom is -0.462 e. The number of carbonyl (C=O) groups is 4. The number of nitrogens with one attached hydrogen (secondary N) is 1. The number of amides is 2. The third-order valence-electron chi connectivity index (χ3n) is 14.5. The highest BCUT2D eigenvalue weighted by Crippen LogP contribution is 2.53. The third-order valence-corrected chi connectivity index (χ3v) is 15.3. The van der Waals surface area contributed by atoms with Gasteiger partial charge in [-0.05, 0) is 167 Å². The van der Waals surface area contributed by atoms with E-state index in [0.717, 1.165) is 58.5 Å². The van der Waals surface area contributed by atoms with Gasteiger partial charge < -0.3 is 29.4 Å². The van der Waals surface area contributed by atoms with E-state index in [4.69, 9.17) is 42.1 Å². The van der Waals surface area contributed by atoms with Crippen molar-refractivity contribution in [2.45, 2.75) is 144 Å². The van der Waals surface area contributed by atoms with Crippen LogP contribution >= 0.6 is 23.2 Å². The molecule has 394 valence electrons. The molecule has 0 radical (unpaired) electrons. The van der Waals surface area contributed by atoms with Gasteiger partial charge in [0.25, 0.3) is 0 Å². The van der Waals surface area contributed by atoms with E-state index in [0.29, 0.717) is 47.3 Å². The van der Waals surface area contributed by atoms with Gasteiger partial charge in [0.15, 0.2) is 0 Å². The Balaban J connectivity index is 0.000000238. The van der Waals surface area contributed by atoms with E-state index in [1.807, 2.05) is 58.2 Å². The van der Waals surface area contributed by atoms with Crippen molar-refractivity contribution in [1.82, 2.24) is 0 Å². The zero-order valence-corrected chi connectivity index (χ0v) is 46.4. The summed E-state index contributed by atoms with van der Waals surface area (Å²) < 4.78 is 22.5. The van der Waals surface area contributed by atoms with Crippen LogP contribution in [-0.4, -0.2) is 73.1 Å². The predicted molar refractivity (Wildman–Crippen MR) is 291 cm³/mol. The van der Waals surface area contributed by atoms with E-state index in [2.05, 4.69) is 59.0 Å². The Labute approximate surface area is 443 Å². The molecular weight excluding hydrogens is 964 g/mol. The fourth-order valence-electron chi connectivity index (χ4n) is 10.2. The van der Waals surface area contributed by atoms with Crippen LogP contribution < -0.4 is 10.2 Å². The maximum atomic E-state index is 13.5. The average Bonchev–Trinajstić information content (AvgIpc) is 3.74. The number of aliphatic hydroxyl groups is 1. The molecule has 0 spiro atoms. The Morgan fingerprint density at radius 1 is 0.726 bits per heavy atom. The lowest BCUT2D eigenvalue weighted by atomic mass is 9.65. The number of anilines is 2. The first-order valence-corrected chi connectivity index (χ1v) is 26.3. The van der Waals surface area contributed by atoms with Gasteiger partial charge in [-0.2, -0.15) is 0 Å². The Bertz CT molecular complexity index is 2660. The lowest BCUT2D eigenvalue weighted by Crippen LogP contribution is -2.44. The van der Waals surface area contributed by atoms with Gasteiger partial charge in [0.2, 0.25) is 11.8 Å². The summed E-state index contributed by atoms with van der Waals surface area (Å²) in [5.41, 5.74) is 5.24. The normalized spacial score (nSPS) is 21.1. The number of carbonyl (C=O) groups excluding carboxylic acids is 4. The first-order chi connectivity index (χ1) is 34.2. The summed E-state index contributed by atoms with van der Waals surface area (Å²) in [5, 5.41) is 14.8. The van der Waals surface area contributed by atoms with Crippen LogP contribution in [0.3, 0.4) is 0 Å².